The van der Waals surface area contributed by atoms with Crippen LogP contribution in [0.5, 0.6) is 0 Å². The van der Waals surface area contributed by atoms with Crippen LogP contribution in [0.15, 0.2) is 24.3 Å². The Bertz CT molecular complexity index is 437. The van der Waals surface area contributed by atoms with Crippen molar-refractivity contribution >= 4 is 11.7 Å². The molecule has 1 aromatic carbocycles. The highest BCUT2D eigenvalue weighted by Crippen LogP contribution is 2.12. The van der Waals surface area contributed by atoms with Crippen molar-refractivity contribution in [1.29, 1.82) is 0 Å². The number of aryl methyl sites for hydroxylation is 1. The van der Waals surface area contributed by atoms with Gasteiger partial charge in [-0.3, -0.25) is 4.90 Å². The normalized spacial score (nSPS) is 16.7. The number of amides is 2. The number of nitrogens with zero attached hydrogens (tertiary/aromatic N) is 2. The summed E-state index contributed by atoms with van der Waals surface area (Å²) in [6, 6.07) is 8.46. The Kier molecular flexibility index (Phi) is 4.43. The molecule has 2 rings (SSSR count). The van der Waals surface area contributed by atoms with Crippen molar-refractivity contribution in [2.24, 2.45) is 0 Å². The van der Waals surface area contributed by atoms with Crippen molar-refractivity contribution in [3.63, 3.8) is 0 Å². The van der Waals surface area contributed by atoms with Crippen LogP contribution >= 0.6 is 0 Å². The molecule has 1 aliphatic heterocycles. The van der Waals surface area contributed by atoms with Crippen LogP contribution in [-0.2, 0) is 0 Å². The van der Waals surface area contributed by atoms with E-state index in [0.717, 1.165) is 37.4 Å². The maximum atomic E-state index is 12.2. The highest BCUT2D eigenvalue weighted by atomic mass is 16.2. The summed E-state index contributed by atoms with van der Waals surface area (Å²) in [5.74, 6) is 0. The van der Waals surface area contributed by atoms with E-state index in [-0.39, 0.29) is 6.03 Å². The summed E-state index contributed by atoms with van der Waals surface area (Å²) in [5, 5.41) is 2.96. The third kappa shape index (κ3) is 3.70. The zero-order valence-corrected chi connectivity index (χ0v) is 12.0. The molecule has 1 aromatic rings. The Labute approximate surface area is 115 Å². The molecule has 0 atom stereocenters. The van der Waals surface area contributed by atoms with Crippen LogP contribution in [0.1, 0.15) is 19.4 Å². The van der Waals surface area contributed by atoms with E-state index in [1.807, 2.05) is 36.1 Å². The molecular formula is C15H23N3O. The molecule has 0 radical (unpaired) electrons. The number of hydrogen-bond donors (Lipinski definition) is 1. The van der Waals surface area contributed by atoms with E-state index < -0.39 is 0 Å². The minimum Gasteiger partial charge on any atom is -0.322 e. The lowest BCUT2D eigenvalue weighted by atomic mass is 10.2. The van der Waals surface area contributed by atoms with E-state index in [4.69, 9.17) is 0 Å². The maximum Gasteiger partial charge on any atom is 0.321 e. The first-order valence-corrected chi connectivity index (χ1v) is 6.93. The quantitative estimate of drug-likeness (QED) is 0.888. The molecule has 19 heavy (non-hydrogen) atoms. The average molecular weight is 261 g/mol. The SMILES string of the molecule is Cc1cccc(NC(=O)N2CCN(C(C)C)CC2)c1. The minimum atomic E-state index is 0.00834. The first-order valence-electron chi connectivity index (χ1n) is 6.93. The van der Waals surface area contributed by atoms with Gasteiger partial charge in [-0.2, -0.15) is 0 Å². The Morgan fingerprint density at radius 2 is 1.89 bits per heavy atom. The van der Waals surface area contributed by atoms with Crippen molar-refractivity contribution in [1.82, 2.24) is 9.80 Å². The average Bonchev–Trinajstić information content (AvgIpc) is 2.39. The highest BCUT2D eigenvalue weighted by Gasteiger charge is 2.22. The van der Waals surface area contributed by atoms with Gasteiger partial charge in [0.05, 0.1) is 0 Å². The van der Waals surface area contributed by atoms with Crippen molar-refractivity contribution in [3.05, 3.63) is 29.8 Å². The number of hydrogen-bond acceptors (Lipinski definition) is 2. The van der Waals surface area contributed by atoms with Gasteiger partial charge in [-0.05, 0) is 38.5 Å². The predicted octanol–water partition coefficient (Wildman–Crippen LogP) is 2.55. The molecule has 0 aromatic heterocycles. The smallest absolute Gasteiger partial charge is 0.321 e. The largest absolute Gasteiger partial charge is 0.322 e. The molecule has 0 saturated carbocycles. The second-order valence-corrected chi connectivity index (χ2v) is 5.42. The standard InChI is InChI=1S/C15H23N3O/c1-12(2)17-7-9-18(10-8-17)15(19)16-14-6-4-5-13(3)11-14/h4-6,11-12H,7-10H2,1-3H3,(H,16,19). The fourth-order valence-corrected chi connectivity index (χ4v) is 2.37. The lowest BCUT2D eigenvalue weighted by molar-refractivity contribution is 0.125. The second kappa shape index (κ2) is 6.06. The summed E-state index contributed by atoms with van der Waals surface area (Å²) in [6.07, 6.45) is 0. The van der Waals surface area contributed by atoms with E-state index in [1.165, 1.54) is 0 Å². The van der Waals surface area contributed by atoms with Crippen LogP contribution in [0.2, 0.25) is 0 Å². The number of carbonyl (C=O) groups is 1. The summed E-state index contributed by atoms with van der Waals surface area (Å²) in [4.78, 5) is 16.4. The van der Waals surface area contributed by atoms with E-state index in [9.17, 15) is 4.79 Å². The number of piperazine rings is 1. The molecule has 104 valence electrons. The van der Waals surface area contributed by atoms with Gasteiger partial charge in [0.15, 0.2) is 0 Å². The highest BCUT2D eigenvalue weighted by molar-refractivity contribution is 5.89. The Balaban J connectivity index is 1.88. The number of carbonyl (C=O) groups excluding carboxylic acids is 1. The van der Waals surface area contributed by atoms with E-state index >= 15 is 0 Å². The van der Waals surface area contributed by atoms with Gasteiger partial charge in [0, 0.05) is 37.9 Å². The van der Waals surface area contributed by atoms with Gasteiger partial charge in [0.25, 0.3) is 0 Å². The third-order valence-electron chi connectivity index (χ3n) is 3.60. The molecule has 0 bridgehead atoms. The van der Waals surface area contributed by atoms with Crippen molar-refractivity contribution in [2.45, 2.75) is 26.8 Å². The molecule has 4 heteroatoms. The lowest BCUT2D eigenvalue weighted by Crippen LogP contribution is -2.51. The van der Waals surface area contributed by atoms with Crippen LogP contribution in [0.3, 0.4) is 0 Å². The van der Waals surface area contributed by atoms with Gasteiger partial charge in [0.1, 0.15) is 0 Å². The van der Waals surface area contributed by atoms with E-state index in [1.54, 1.807) is 0 Å². The minimum absolute atomic E-state index is 0.00834. The van der Waals surface area contributed by atoms with Crippen molar-refractivity contribution in [3.8, 4) is 0 Å². The van der Waals surface area contributed by atoms with Crippen LogP contribution in [0.4, 0.5) is 10.5 Å². The first kappa shape index (κ1) is 13.9. The van der Waals surface area contributed by atoms with Gasteiger partial charge in [-0.1, -0.05) is 12.1 Å². The zero-order chi connectivity index (χ0) is 13.8. The van der Waals surface area contributed by atoms with E-state index in [2.05, 4.69) is 24.1 Å². The summed E-state index contributed by atoms with van der Waals surface area (Å²) < 4.78 is 0. The number of nitrogens with one attached hydrogen (secondary N) is 1. The lowest BCUT2D eigenvalue weighted by Gasteiger charge is -2.36. The molecule has 0 unspecified atom stereocenters. The molecule has 0 spiro atoms. The summed E-state index contributed by atoms with van der Waals surface area (Å²) in [5.41, 5.74) is 2.03. The summed E-state index contributed by atoms with van der Waals surface area (Å²) >= 11 is 0. The second-order valence-electron chi connectivity index (χ2n) is 5.42. The molecule has 1 fully saturated rings. The first-order chi connectivity index (χ1) is 9.06. The fourth-order valence-electron chi connectivity index (χ4n) is 2.37. The maximum absolute atomic E-state index is 12.2. The number of anilines is 1. The van der Waals surface area contributed by atoms with Crippen LogP contribution in [0.25, 0.3) is 0 Å². The molecular weight excluding hydrogens is 238 g/mol. The van der Waals surface area contributed by atoms with Gasteiger partial charge < -0.3 is 10.2 Å². The van der Waals surface area contributed by atoms with Gasteiger partial charge in [-0.15, -0.1) is 0 Å². The summed E-state index contributed by atoms with van der Waals surface area (Å²) in [7, 11) is 0. The molecule has 1 aliphatic rings. The molecule has 2 amide bonds. The van der Waals surface area contributed by atoms with Crippen molar-refractivity contribution < 1.29 is 4.79 Å². The Morgan fingerprint density at radius 3 is 2.47 bits per heavy atom. The van der Waals surface area contributed by atoms with E-state index in [0.29, 0.717) is 6.04 Å². The van der Waals surface area contributed by atoms with Gasteiger partial charge in [-0.25, -0.2) is 4.79 Å². The van der Waals surface area contributed by atoms with Crippen molar-refractivity contribution in [2.75, 3.05) is 31.5 Å². The molecule has 1 N–H and O–H groups in total. The number of urea groups is 1. The van der Waals surface area contributed by atoms with Gasteiger partial charge in [0.2, 0.25) is 0 Å². The Hall–Kier alpha value is -1.55. The monoisotopic (exact) mass is 261 g/mol. The molecule has 4 nitrogen and oxygen atoms in total. The summed E-state index contributed by atoms with van der Waals surface area (Å²) in [6.45, 7) is 9.94. The van der Waals surface area contributed by atoms with Crippen LogP contribution in [0, 0.1) is 6.92 Å². The third-order valence-corrected chi connectivity index (χ3v) is 3.60. The number of benzene rings is 1. The topological polar surface area (TPSA) is 35.6 Å². The van der Waals surface area contributed by atoms with Gasteiger partial charge >= 0.3 is 6.03 Å². The van der Waals surface area contributed by atoms with Crippen LogP contribution < -0.4 is 5.32 Å². The fraction of sp³-hybridized carbons (Fsp3) is 0.533. The number of rotatable bonds is 2. The van der Waals surface area contributed by atoms with Crippen LogP contribution in [-0.4, -0.2) is 48.1 Å². The molecule has 0 aliphatic carbocycles. The molecule has 1 saturated heterocycles. The zero-order valence-electron chi connectivity index (χ0n) is 12.0. The predicted molar refractivity (Wildman–Crippen MR) is 78.5 cm³/mol. The Morgan fingerprint density at radius 1 is 1.21 bits per heavy atom. The molecule has 1 heterocycles.